The summed E-state index contributed by atoms with van der Waals surface area (Å²) < 4.78 is 5.58. The third-order valence-corrected chi connectivity index (χ3v) is 3.81. The molecular weight excluding hydrogens is 258 g/mol. The van der Waals surface area contributed by atoms with E-state index in [9.17, 15) is 9.59 Å². The van der Waals surface area contributed by atoms with Gasteiger partial charge in [-0.05, 0) is 20.5 Å². The first-order valence-electron chi connectivity index (χ1n) is 7.34. The van der Waals surface area contributed by atoms with Gasteiger partial charge in [0.2, 0.25) is 11.8 Å². The average molecular weight is 283 g/mol. The van der Waals surface area contributed by atoms with Gasteiger partial charge in [0, 0.05) is 38.5 Å². The van der Waals surface area contributed by atoms with Gasteiger partial charge >= 0.3 is 0 Å². The summed E-state index contributed by atoms with van der Waals surface area (Å²) in [7, 11) is 4.06. The highest BCUT2D eigenvalue weighted by Gasteiger charge is 2.27. The van der Waals surface area contributed by atoms with Crippen LogP contribution in [0.1, 0.15) is 12.8 Å². The van der Waals surface area contributed by atoms with Crippen molar-refractivity contribution in [2.24, 2.45) is 5.92 Å². The highest BCUT2D eigenvalue weighted by Crippen LogP contribution is 2.12. The second kappa shape index (κ2) is 7.04. The molecule has 2 rings (SSSR count). The summed E-state index contributed by atoms with van der Waals surface area (Å²) in [6.07, 6.45) is 1.46. The van der Waals surface area contributed by atoms with Crippen molar-refractivity contribution < 1.29 is 14.3 Å². The lowest BCUT2D eigenvalue weighted by Crippen LogP contribution is -2.44. The fourth-order valence-electron chi connectivity index (χ4n) is 2.87. The predicted molar refractivity (Wildman–Crippen MR) is 75.3 cm³/mol. The van der Waals surface area contributed by atoms with Gasteiger partial charge in [-0.15, -0.1) is 0 Å². The summed E-state index contributed by atoms with van der Waals surface area (Å²) in [5, 5.41) is 0. The van der Waals surface area contributed by atoms with Crippen LogP contribution in [0.2, 0.25) is 0 Å². The third kappa shape index (κ3) is 4.18. The number of ether oxygens (including phenoxy) is 1. The summed E-state index contributed by atoms with van der Waals surface area (Å²) in [6, 6.07) is 0. The van der Waals surface area contributed by atoms with Crippen LogP contribution in [0.25, 0.3) is 0 Å². The molecule has 20 heavy (non-hydrogen) atoms. The second-order valence-corrected chi connectivity index (χ2v) is 5.96. The Labute approximate surface area is 120 Å². The van der Waals surface area contributed by atoms with Crippen molar-refractivity contribution in [3.8, 4) is 0 Å². The van der Waals surface area contributed by atoms with Crippen LogP contribution in [0, 0.1) is 5.92 Å². The molecule has 0 saturated carbocycles. The molecule has 2 aliphatic heterocycles. The lowest BCUT2D eigenvalue weighted by molar-refractivity contribution is -0.138. The van der Waals surface area contributed by atoms with E-state index in [0.29, 0.717) is 32.1 Å². The van der Waals surface area contributed by atoms with E-state index in [1.165, 1.54) is 0 Å². The van der Waals surface area contributed by atoms with Crippen LogP contribution in [0.5, 0.6) is 0 Å². The summed E-state index contributed by atoms with van der Waals surface area (Å²) >= 11 is 0. The maximum atomic E-state index is 12.3. The van der Waals surface area contributed by atoms with Crippen molar-refractivity contribution >= 4 is 11.8 Å². The van der Waals surface area contributed by atoms with Gasteiger partial charge in [0.05, 0.1) is 19.8 Å². The minimum Gasteiger partial charge on any atom is -0.379 e. The maximum absolute atomic E-state index is 12.3. The number of carbonyl (C=O) groups excluding carboxylic acids is 2. The number of hydrogen-bond donors (Lipinski definition) is 0. The minimum atomic E-state index is 0.0505. The van der Waals surface area contributed by atoms with Gasteiger partial charge in [0.15, 0.2) is 0 Å². The highest BCUT2D eigenvalue weighted by atomic mass is 16.5. The standard InChI is InChI=1S/C14H25N3O3/c1-15(2)8-12-9-17(6-7-20-11-12)14(19)10-16-5-3-4-13(16)18/h12H,3-11H2,1-2H3. The number of rotatable bonds is 4. The Bertz CT molecular complexity index is 360. The summed E-state index contributed by atoms with van der Waals surface area (Å²) in [4.78, 5) is 29.6. The Morgan fingerprint density at radius 2 is 2.20 bits per heavy atom. The zero-order valence-electron chi connectivity index (χ0n) is 12.5. The smallest absolute Gasteiger partial charge is 0.242 e. The molecule has 2 aliphatic rings. The molecule has 6 heteroatoms. The SMILES string of the molecule is CN(C)CC1COCCN(C(=O)CN2CCCC2=O)C1. The molecule has 1 atom stereocenters. The van der Waals surface area contributed by atoms with Crippen molar-refractivity contribution in [3.63, 3.8) is 0 Å². The zero-order chi connectivity index (χ0) is 14.5. The second-order valence-electron chi connectivity index (χ2n) is 5.96. The first-order valence-corrected chi connectivity index (χ1v) is 7.34. The van der Waals surface area contributed by atoms with E-state index in [1.54, 1.807) is 4.90 Å². The molecular formula is C14H25N3O3. The molecule has 0 aliphatic carbocycles. The molecule has 0 aromatic carbocycles. The monoisotopic (exact) mass is 283 g/mol. The van der Waals surface area contributed by atoms with Crippen molar-refractivity contribution in [3.05, 3.63) is 0 Å². The Balaban J connectivity index is 1.88. The average Bonchev–Trinajstić information content (AvgIpc) is 2.64. The summed E-state index contributed by atoms with van der Waals surface area (Å²) in [5.74, 6) is 0.495. The fraction of sp³-hybridized carbons (Fsp3) is 0.857. The van der Waals surface area contributed by atoms with E-state index in [2.05, 4.69) is 4.90 Å². The van der Waals surface area contributed by atoms with Crippen LogP contribution < -0.4 is 0 Å². The Kier molecular flexibility index (Phi) is 5.37. The minimum absolute atomic E-state index is 0.0505. The van der Waals surface area contributed by atoms with Gasteiger partial charge < -0.3 is 19.4 Å². The van der Waals surface area contributed by atoms with Gasteiger partial charge in [-0.3, -0.25) is 9.59 Å². The number of likely N-dealkylation sites (tertiary alicyclic amines) is 1. The van der Waals surface area contributed by atoms with Gasteiger partial charge in [-0.2, -0.15) is 0 Å². The van der Waals surface area contributed by atoms with Crippen molar-refractivity contribution in [1.29, 1.82) is 0 Å². The number of hydrogen-bond acceptors (Lipinski definition) is 4. The molecule has 2 saturated heterocycles. The molecule has 0 spiro atoms. The number of amides is 2. The molecule has 114 valence electrons. The first-order chi connectivity index (χ1) is 9.56. The lowest BCUT2D eigenvalue weighted by Gasteiger charge is -2.27. The predicted octanol–water partition coefficient (Wildman–Crippen LogP) is -0.355. The number of nitrogens with zero attached hydrogens (tertiary/aromatic N) is 3. The highest BCUT2D eigenvalue weighted by molar-refractivity contribution is 5.85. The number of carbonyl (C=O) groups is 2. The molecule has 2 amide bonds. The normalized spacial score (nSPS) is 24.4. The van der Waals surface area contributed by atoms with Crippen molar-refractivity contribution in [1.82, 2.24) is 14.7 Å². The molecule has 0 aromatic rings. The van der Waals surface area contributed by atoms with Crippen LogP contribution in [0.15, 0.2) is 0 Å². The van der Waals surface area contributed by atoms with E-state index in [1.807, 2.05) is 19.0 Å². The lowest BCUT2D eigenvalue weighted by atomic mass is 10.1. The molecule has 0 aromatic heterocycles. The van der Waals surface area contributed by atoms with E-state index in [0.717, 1.165) is 26.1 Å². The van der Waals surface area contributed by atoms with E-state index in [-0.39, 0.29) is 18.4 Å². The van der Waals surface area contributed by atoms with Gasteiger partial charge in [-0.25, -0.2) is 0 Å². The molecule has 2 heterocycles. The molecule has 0 bridgehead atoms. The van der Waals surface area contributed by atoms with Crippen LogP contribution in [-0.2, 0) is 14.3 Å². The van der Waals surface area contributed by atoms with Crippen LogP contribution in [0.3, 0.4) is 0 Å². The molecule has 2 fully saturated rings. The fourth-order valence-corrected chi connectivity index (χ4v) is 2.87. The van der Waals surface area contributed by atoms with Gasteiger partial charge in [0.1, 0.15) is 0 Å². The molecule has 0 N–H and O–H groups in total. The van der Waals surface area contributed by atoms with Crippen LogP contribution in [0.4, 0.5) is 0 Å². The van der Waals surface area contributed by atoms with Gasteiger partial charge in [-0.1, -0.05) is 0 Å². The quantitative estimate of drug-likeness (QED) is 0.707. The van der Waals surface area contributed by atoms with Crippen molar-refractivity contribution in [2.75, 3.05) is 60.0 Å². The summed E-state index contributed by atoms with van der Waals surface area (Å²) in [6.45, 7) is 4.49. The maximum Gasteiger partial charge on any atom is 0.242 e. The Morgan fingerprint density at radius 1 is 1.40 bits per heavy atom. The van der Waals surface area contributed by atoms with E-state index >= 15 is 0 Å². The van der Waals surface area contributed by atoms with Crippen LogP contribution in [-0.4, -0.2) is 86.5 Å². The summed E-state index contributed by atoms with van der Waals surface area (Å²) in [5.41, 5.74) is 0. The Morgan fingerprint density at radius 3 is 2.85 bits per heavy atom. The topological polar surface area (TPSA) is 53.1 Å². The first kappa shape index (κ1) is 15.3. The van der Waals surface area contributed by atoms with E-state index < -0.39 is 0 Å². The van der Waals surface area contributed by atoms with Crippen LogP contribution >= 0.6 is 0 Å². The molecule has 6 nitrogen and oxygen atoms in total. The Hall–Kier alpha value is -1.14. The van der Waals surface area contributed by atoms with Gasteiger partial charge in [0.25, 0.3) is 0 Å². The largest absolute Gasteiger partial charge is 0.379 e. The molecule has 0 radical (unpaired) electrons. The van der Waals surface area contributed by atoms with Crippen molar-refractivity contribution in [2.45, 2.75) is 12.8 Å². The van der Waals surface area contributed by atoms with E-state index in [4.69, 9.17) is 4.74 Å². The third-order valence-electron chi connectivity index (χ3n) is 3.81. The zero-order valence-corrected chi connectivity index (χ0v) is 12.5. The molecule has 1 unspecified atom stereocenters.